The van der Waals surface area contributed by atoms with Crippen molar-refractivity contribution in [3.05, 3.63) is 63.0 Å². The van der Waals surface area contributed by atoms with Gasteiger partial charge in [-0.05, 0) is 34.2 Å². The minimum Gasteiger partial charge on any atom is -0.481 e. The van der Waals surface area contributed by atoms with Crippen molar-refractivity contribution in [1.29, 1.82) is 0 Å². The molecule has 0 aliphatic carbocycles. The second-order valence-electron chi connectivity index (χ2n) is 3.57. The Bertz CT molecular complexity index is 601. The summed E-state index contributed by atoms with van der Waals surface area (Å²) in [7, 11) is 0. The van der Waals surface area contributed by atoms with Crippen molar-refractivity contribution >= 4 is 17.4 Å². The second-order valence-corrected chi connectivity index (χ2v) is 3.98. The third-order valence-corrected chi connectivity index (χ3v) is 2.71. The van der Waals surface area contributed by atoms with Gasteiger partial charge in [-0.15, -0.1) is 0 Å². The van der Waals surface area contributed by atoms with Gasteiger partial charge in [-0.3, -0.25) is 0 Å². The van der Waals surface area contributed by atoms with Crippen LogP contribution in [-0.4, -0.2) is 9.91 Å². The van der Waals surface area contributed by atoms with Crippen LogP contribution in [0.25, 0.3) is 0 Å². The molecule has 0 spiro atoms. The first-order valence-corrected chi connectivity index (χ1v) is 5.62. The molecule has 0 saturated heterocycles. The van der Waals surface area contributed by atoms with E-state index in [9.17, 15) is 14.5 Å². The van der Waals surface area contributed by atoms with Crippen molar-refractivity contribution in [3.8, 4) is 5.75 Å². The number of benzene rings is 1. The van der Waals surface area contributed by atoms with Crippen molar-refractivity contribution in [3.63, 3.8) is 0 Å². The van der Waals surface area contributed by atoms with Gasteiger partial charge in [0.1, 0.15) is 18.6 Å². The van der Waals surface area contributed by atoms with E-state index < -0.39 is 16.6 Å². The number of rotatable bonds is 4. The molecule has 0 fully saturated rings. The molecule has 2 rings (SSSR count). The molecule has 0 N–H and O–H groups in total. The summed E-state index contributed by atoms with van der Waals surface area (Å²) in [5.74, 6) is -0.985. The molecule has 1 aromatic heterocycles. The standard InChI is InChI=1S/C12H8ClFN2O3/c13-9-3-1-4-10(14)8(9)7-19-11-5-2-6-15-12(11)16(17)18/h1-6H,7H2. The molecule has 19 heavy (non-hydrogen) atoms. The predicted molar refractivity (Wildman–Crippen MR) is 66.6 cm³/mol. The highest BCUT2D eigenvalue weighted by atomic mass is 35.5. The van der Waals surface area contributed by atoms with Gasteiger partial charge in [0.25, 0.3) is 0 Å². The third kappa shape index (κ3) is 2.97. The van der Waals surface area contributed by atoms with Crippen molar-refractivity contribution in [2.75, 3.05) is 0 Å². The SMILES string of the molecule is O=[N+]([O-])c1ncccc1OCc1c(F)cccc1Cl. The fourth-order valence-corrected chi connectivity index (χ4v) is 1.67. The largest absolute Gasteiger partial charge is 0.481 e. The number of hydrogen-bond donors (Lipinski definition) is 0. The molecule has 98 valence electrons. The van der Waals surface area contributed by atoms with E-state index in [1.807, 2.05) is 0 Å². The summed E-state index contributed by atoms with van der Waals surface area (Å²) in [6.45, 7) is -0.210. The maximum atomic E-state index is 13.5. The Labute approximate surface area is 112 Å². The van der Waals surface area contributed by atoms with Crippen LogP contribution in [0, 0.1) is 15.9 Å². The molecule has 7 heteroatoms. The maximum absolute atomic E-state index is 13.5. The van der Waals surface area contributed by atoms with Crippen molar-refractivity contribution in [2.24, 2.45) is 0 Å². The van der Waals surface area contributed by atoms with Crippen LogP contribution in [0.3, 0.4) is 0 Å². The first kappa shape index (κ1) is 13.2. The van der Waals surface area contributed by atoms with Gasteiger partial charge < -0.3 is 14.9 Å². The van der Waals surface area contributed by atoms with E-state index in [1.165, 1.54) is 36.5 Å². The summed E-state index contributed by atoms with van der Waals surface area (Å²) in [6.07, 6.45) is 1.28. The molecule has 0 saturated carbocycles. The molecule has 0 aliphatic heterocycles. The Morgan fingerprint density at radius 2 is 2.16 bits per heavy atom. The minimum absolute atomic E-state index is 0.0354. The first-order valence-electron chi connectivity index (χ1n) is 5.24. The van der Waals surface area contributed by atoms with Gasteiger partial charge in [-0.2, -0.15) is 0 Å². The van der Waals surface area contributed by atoms with Crippen molar-refractivity contribution in [2.45, 2.75) is 6.61 Å². The quantitative estimate of drug-likeness (QED) is 0.637. The molecule has 0 aliphatic rings. The molecular weight excluding hydrogens is 275 g/mol. The van der Waals surface area contributed by atoms with Crippen LogP contribution in [0.15, 0.2) is 36.5 Å². The minimum atomic E-state index is -0.668. The van der Waals surface area contributed by atoms with E-state index in [0.29, 0.717) is 0 Å². The molecule has 5 nitrogen and oxygen atoms in total. The van der Waals surface area contributed by atoms with Gasteiger partial charge in [-0.25, -0.2) is 4.39 Å². The van der Waals surface area contributed by atoms with Crippen LogP contribution in [0.1, 0.15) is 5.56 Å². The third-order valence-electron chi connectivity index (χ3n) is 2.36. The highest BCUT2D eigenvalue weighted by Gasteiger charge is 2.16. The lowest BCUT2D eigenvalue weighted by molar-refractivity contribution is -0.390. The summed E-state index contributed by atoms with van der Waals surface area (Å²) in [6, 6.07) is 7.10. The van der Waals surface area contributed by atoms with Crippen LogP contribution >= 0.6 is 11.6 Å². The molecule has 0 unspecified atom stereocenters. The zero-order valence-electron chi connectivity index (χ0n) is 9.55. The van der Waals surface area contributed by atoms with Crippen LogP contribution < -0.4 is 4.74 Å². The van der Waals surface area contributed by atoms with Gasteiger partial charge in [0.2, 0.25) is 5.75 Å². The van der Waals surface area contributed by atoms with Crippen molar-refractivity contribution < 1.29 is 14.1 Å². The summed E-state index contributed by atoms with van der Waals surface area (Å²) < 4.78 is 18.7. The normalized spacial score (nSPS) is 10.2. The van der Waals surface area contributed by atoms with E-state index in [1.54, 1.807) is 0 Å². The van der Waals surface area contributed by atoms with E-state index in [-0.39, 0.29) is 22.9 Å². The van der Waals surface area contributed by atoms with Gasteiger partial charge >= 0.3 is 5.82 Å². The summed E-state index contributed by atoms with van der Waals surface area (Å²) >= 11 is 5.83. The van der Waals surface area contributed by atoms with Crippen LogP contribution in [0.5, 0.6) is 5.75 Å². The molecule has 1 heterocycles. The number of aromatic nitrogens is 1. The van der Waals surface area contributed by atoms with E-state index in [2.05, 4.69) is 4.98 Å². The Balaban J connectivity index is 2.22. The topological polar surface area (TPSA) is 65.3 Å². The van der Waals surface area contributed by atoms with Crippen LogP contribution in [0.4, 0.5) is 10.2 Å². The summed E-state index contributed by atoms with van der Waals surface area (Å²) in [5.41, 5.74) is 0.141. The van der Waals surface area contributed by atoms with Gasteiger partial charge in [0.05, 0.1) is 5.02 Å². The zero-order valence-corrected chi connectivity index (χ0v) is 10.3. The fourth-order valence-electron chi connectivity index (χ4n) is 1.45. The molecule has 2 aromatic rings. The predicted octanol–water partition coefficient (Wildman–Crippen LogP) is 3.36. The summed E-state index contributed by atoms with van der Waals surface area (Å²) in [5, 5.41) is 10.9. The highest BCUT2D eigenvalue weighted by molar-refractivity contribution is 6.31. The monoisotopic (exact) mass is 282 g/mol. The second kappa shape index (κ2) is 5.62. The lowest BCUT2D eigenvalue weighted by Gasteiger charge is -2.08. The smallest absolute Gasteiger partial charge is 0.406 e. The van der Waals surface area contributed by atoms with Gasteiger partial charge in [0, 0.05) is 5.56 Å². The van der Waals surface area contributed by atoms with Crippen LogP contribution in [-0.2, 0) is 6.61 Å². The molecular formula is C12H8ClFN2O3. The molecule has 0 amide bonds. The van der Waals surface area contributed by atoms with Gasteiger partial charge in [0.15, 0.2) is 0 Å². The highest BCUT2D eigenvalue weighted by Crippen LogP contribution is 2.26. The van der Waals surface area contributed by atoms with E-state index >= 15 is 0 Å². The molecule has 0 atom stereocenters. The number of pyridine rings is 1. The molecule has 0 bridgehead atoms. The first-order chi connectivity index (χ1) is 9.09. The Morgan fingerprint density at radius 1 is 1.37 bits per heavy atom. The Morgan fingerprint density at radius 3 is 2.84 bits per heavy atom. The number of ether oxygens (including phenoxy) is 1. The summed E-state index contributed by atoms with van der Waals surface area (Å²) in [4.78, 5) is 13.6. The number of nitro groups is 1. The van der Waals surface area contributed by atoms with E-state index in [0.717, 1.165) is 0 Å². The lowest BCUT2D eigenvalue weighted by Crippen LogP contribution is -2.02. The number of nitrogens with zero attached hydrogens (tertiary/aromatic N) is 2. The number of halogens is 2. The molecule has 0 radical (unpaired) electrons. The maximum Gasteiger partial charge on any atom is 0.406 e. The van der Waals surface area contributed by atoms with Crippen LogP contribution in [0.2, 0.25) is 5.02 Å². The Hall–Kier alpha value is -2.21. The number of hydrogen-bond acceptors (Lipinski definition) is 4. The Kier molecular flexibility index (Phi) is 3.91. The van der Waals surface area contributed by atoms with Crippen molar-refractivity contribution in [1.82, 2.24) is 4.98 Å². The average molecular weight is 283 g/mol. The lowest BCUT2D eigenvalue weighted by atomic mass is 10.2. The fraction of sp³-hybridized carbons (Fsp3) is 0.0833. The van der Waals surface area contributed by atoms with E-state index in [4.69, 9.17) is 16.3 Å². The average Bonchev–Trinajstić information content (AvgIpc) is 2.38. The molecule has 1 aromatic carbocycles. The van der Waals surface area contributed by atoms with Gasteiger partial charge in [-0.1, -0.05) is 17.7 Å². The zero-order chi connectivity index (χ0) is 13.8.